The third kappa shape index (κ3) is 6.72. The fourth-order valence-electron chi connectivity index (χ4n) is 11.2. The highest BCUT2D eigenvalue weighted by atomic mass is 15.1. The van der Waals surface area contributed by atoms with E-state index in [9.17, 15) is 0 Å². The largest absolute Gasteiger partial charge is 0.310 e. The van der Waals surface area contributed by atoms with Gasteiger partial charge in [0.05, 0.1) is 16.4 Å². The Morgan fingerprint density at radius 3 is 1.41 bits per heavy atom. The highest BCUT2D eigenvalue weighted by Gasteiger charge is 2.46. The average molecular weight is 879 g/mol. The van der Waals surface area contributed by atoms with Crippen LogP contribution in [0.15, 0.2) is 279 Å². The summed E-state index contributed by atoms with van der Waals surface area (Å²) in [6.45, 7) is 0. The Labute approximate surface area is 403 Å². The van der Waals surface area contributed by atoms with Gasteiger partial charge in [-0.1, -0.05) is 206 Å². The summed E-state index contributed by atoms with van der Waals surface area (Å²) in [7, 11) is 0. The van der Waals surface area contributed by atoms with Gasteiger partial charge in [0.1, 0.15) is 0 Å². The number of hydrogen-bond acceptors (Lipinski definition) is 1. The standard InChI is InChI=1S/C67H46N2/c1-6-20-47(21-7-1)51-42-52(48-22-8-2-9-23-48)44-58(43-51)69-65-33-19-17-31-61(65)62-45-50(36-41-66(62)69)49-34-37-56(38-35-49)68(55-28-14-5-15-29-55)57-39-40-60-59-30-16-18-32-63(59)67(64(60)46-57,53-24-10-3-11-25-53)54-26-12-4-13-27-54/h1-46H. The number of fused-ring (bicyclic) bond motifs is 6. The first-order chi connectivity index (χ1) is 34.2. The van der Waals surface area contributed by atoms with Crippen LogP contribution in [0.2, 0.25) is 0 Å². The molecule has 2 nitrogen and oxygen atoms in total. The van der Waals surface area contributed by atoms with Crippen LogP contribution >= 0.6 is 0 Å². The predicted molar refractivity (Wildman–Crippen MR) is 289 cm³/mol. The second kappa shape index (κ2) is 16.7. The Balaban J connectivity index is 0.925. The molecule has 0 N–H and O–H groups in total. The predicted octanol–water partition coefficient (Wildman–Crippen LogP) is 17.6. The lowest BCUT2D eigenvalue weighted by Crippen LogP contribution is -2.28. The average Bonchev–Trinajstić information content (AvgIpc) is 3.92. The maximum absolute atomic E-state index is 2.44. The van der Waals surface area contributed by atoms with Gasteiger partial charge in [-0.3, -0.25) is 0 Å². The van der Waals surface area contributed by atoms with Crippen molar-refractivity contribution in [2.45, 2.75) is 5.41 Å². The third-order valence-corrected chi connectivity index (χ3v) is 14.2. The minimum absolute atomic E-state index is 0.493. The number of rotatable bonds is 9. The van der Waals surface area contributed by atoms with E-state index in [-0.39, 0.29) is 0 Å². The molecule has 0 spiro atoms. The number of benzene rings is 11. The van der Waals surface area contributed by atoms with Crippen LogP contribution in [0.4, 0.5) is 17.1 Å². The van der Waals surface area contributed by atoms with Gasteiger partial charge in [-0.05, 0) is 140 Å². The van der Waals surface area contributed by atoms with E-state index < -0.39 is 5.41 Å². The normalized spacial score (nSPS) is 12.5. The summed E-state index contributed by atoms with van der Waals surface area (Å²) in [4.78, 5) is 2.40. The fraction of sp³-hybridized carbons (Fsp3) is 0.0149. The molecule has 0 fully saturated rings. The van der Waals surface area contributed by atoms with Gasteiger partial charge in [0, 0.05) is 33.5 Å². The number of anilines is 3. The first-order valence-corrected chi connectivity index (χ1v) is 23.8. The first kappa shape index (κ1) is 40.3. The van der Waals surface area contributed by atoms with E-state index in [0.29, 0.717) is 0 Å². The second-order valence-electron chi connectivity index (χ2n) is 18.1. The molecule has 0 unspecified atom stereocenters. The van der Waals surface area contributed by atoms with Crippen LogP contribution in [0, 0.1) is 0 Å². The van der Waals surface area contributed by atoms with Gasteiger partial charge in [-0.25, -0.2) is 0 Å². The van der Waals surface area contributed by atoms with Crippen molar-refractivity contribution >= 4 is 38.9 Å². The van der Waals surface area contributed by atoms with Gasteiger partial charge in [-0.2, -0.15) is 0 Å². The highest BCUT2D eigenvalue weighted by Crippen LogP contribution is 2.57. The molecule has 11 aromatic carbocycles. The van der Waals surface area contributed by atoms with Crippen LogP contribution in [0.25, 0.3) is 72.0 Å². The minimum atomic E-state index is -0.493. The van der Waals surface area contributed by atoms with E-state index in [1.54, 1.807) is 0 Å². The summed E-state index contributed by atoms with van der Waals surface area (Å²) in [5.74, 6) is 0. The van der Waals surface area contributed by atoms with Crippen molar-refractivity contribution in [3.8, 4) is 50.2 Å². The third-order valence-electron chi connectivity index (χ3n) is 14.2. The first-order valence-electron chi connectivity index (χ1n) is 23.8. The van der Waals surface area contributed by atoms with Crippen molar-refractivity contribution in [3.63, 3.8) is 0 Å². The molecular formula is C67H46N2. The summed E-state index contributed by atoms with van der Waals surface area (Å²) in [5, 5.41) is 2.46. The molecule has 0 aliphatic heterocycles. The van der Waals surface area contributed by atoms with Gasteiger partial charge in [0.15, 0.2) is 0 Å². The van der Waals surface area contributed by atoms with E-state index in [2.05, 4.69) is 289 Å². The zero-order chi connectivity index (χ0) is 45.7. The Bertz CT molecular complexity index is 3700. The summed E-state index contributed by atoms with van der Waals surface area (Å²) in [6, 6.07) is 102. The molecule has 1 aromatic heterocycles. The molecule has 0 amide bonds. The molecule has 1 heterocycles. The molecule has 13 rings (SSSR count). The molecule has 0 saturated heterocycles. The van der Waals surface area contributed by atoms with Crippen molar-refractivity contribution in [3.05, 3.63) is 301 Å². The van der Waals surface area contributed by atoms with Crippen molar-refractivity contribution in [2.75, 3.05) is 4.90 Å². The topological polar surface area (TPSA) is 8.17 Å². The highest BCUT2D eigenvalue weighted by molar-refractivity contribution is 6.10. The van der Waals surface area contributed by atoms with Crippen LogP contribution in [-0.2, 0) is 5.41 Å². The maximum atomic E-state index is 2.44. The number of nitrogens with zero attached hydrogens (tertiary/aromatic N) is 2. The Hall–Kier alpha value is -8.98. The van der Waals surface area contributed by atoms with Gasteiger partial charge >= 0.3 is 0 Å². The molecule has 69 heavy (non-hydrogen) atoms. The molecule has 0 bridgehead atoms. The molecule has 1 aliphatic carbocycles. The van der Waals surface area contributed by atoms with Crippen LogP contribution in [-0.4, -0.2) is 4.57 Å². The molecule has 0 saturated carbocycles. The zero-order valence-electron chi connectivity index (χ0n) is 38.0. The monoisotopic (exact) mass is 878 g/mol. The smallest absolute Gasteiger partial charge is 0.0714 e. The molecule has 324 valence electrons. The van der Waals surface area contributed by atoms with E-state index in [4.69, 9.17) is 0 Å². The number of aromatic nitrogens is 1. The summed E-state index contributed by atoms with van der Waals surface area (Å²) in [5.41, 5.74) is 21.1. The van der Waals surface area contributed by atoms with E-state index in [1.807, 2.05) is 0 Å². The molecule has 0 atom stereocenters. The summed E-state index contributed by atoms with van der Waals surface area (Å²) >= 11 is 0. The second-order valence-corrected chi connectivity index (χ2v) is 18.1. The lowest BCUT2D eigenvalue weighted by Gasteiger charge is -2.35. The van der Waals surface area contributed by atoms with Crippen molar-refractivity contribution < 1.29 is 0 Å². The molecule has 1 aliphatic rings. The van der Waals surface area contributed by atoms with Crippen LogP contribution < -0.4 is 4.90 Å². The maximum Gasteiger partial charge on any atom is 0.0714 e. The van der Waals surface area contributed by atoms with E-state index >= 15 is 0 Å². The van der Waals surface area contributed by atoms with Gasteiger partial charge in [-0.15, -0.1) is 0 Å². The van der Waals surface area contributed by atoms with E-state index in [1.165, 1.54) is 88.6 Å². The molecule has 0 radical (unpaired) electrons. The number of para-hydroxylation sites is 2. The lowest BCUT2D eigenvalue weighted by atomic mass is 9.67. The van der Waals surface area contributed by atoms with E-state index in [0.717, 1.165) is 22.7 Å². The quantitative estimate of drug-likeness (QED) is 0.140. The Morgan fingerprint density at radius 2 is 0.754 bits per heavy atom. The van der Waals surface area contributed by atoms with Crippen LogP contribution in [0.1, 0.15) is 22.3 Å². The van der Waals surface area contributed by atoms with Crippen molar-refractivity contribution in [2.24, 2.45) is 0 Å². The van der Waals surface area contributed by atoms with Crippen LogP contribution in [0.3, 0.4) is 0 Å². The Kier molecular flexibility index (Phi) is 9.77. The SMILES string of the molecule is c1ccc(-c2cc(-c3ccccc3)cc(-n3c4ccccc4c4cc(-c5ccc(N(c6ccccc6)c6ccc7c(c6)C(c6ccccc6)(c6ccccc6)c6ccccc6-7)cc5)ccc43)c2)cc1. The number of hydrogen-bond donors (Lipinski definition) is 0. The van der Waals surface area contributed by atoms with Crippen LogP contribution in [0.5, 0.6) is 0 Å². The molecule has 12 aromatic rings. The summed E-state index contributed by atoms with van der Waals surface area (Å²) < 4.78 is 2.44. The van der Waals surface area contributed by atoms with Gasteiger partial charge in [0.2, 0.25) is 0 Å². The van der Waals surface area contributed by atoms with Crippen molar-refractivity contribution in [1.82, 2.24) is 4.57 Å². The Morgan fingerprint density at radius 1 is 0.275 bits per heavy atom. The summed E-state index contributed by atoms with van der Waals surface area (Å²) in [6.07, 6.45) is 0. The zero-order valence-corrected chi connectivity index (χ0v) is 38.0. The fourth-order valence-corrected chi connectivity index (χ4v) is 11.2. The lowest BCUT2D eigenvalue weighted by molar-refractivity contribution is 0.768. The molecular weight excluding hydrogens is 833 g/mol. The van der Waals surface area contributed by atoms with Gasteiger partial charge < -0.3 is 9.47 Å². The molecule has 2 heteroatoms. The van der Waals surface area contributed by atoms with Crippen molar-refractivity contribution in [1.29, 1.82) is 0 Å². The minimum Gasteiger partial charge on any atom is -0.310 e. The van der Waals surface area contributed by atoms with Gasteiger partial charge in [0.25, 0.3) is 0 Å².